The molecule has 0 unspecified atom stereocenters. The van der Waals surface area contributed by atoms with Gasteiger partial charge in [0.1, 0.15) is 0 Å². The zero-order chi connectivity index (χ0) is 17.9. The van der Waals surface area contributed by atoms with E-state index in [0.717, 1.165) is 34.3 Å². The van der Waals surface area contributed by atoms with Crippen LogP contribution in [0.1, 0.15) is 16.8 Å². The largest absolute Gasteiger partial charge is 0.396 e. The molecule has 1 N–H and O–H groups in total. The number of hydrogen-bond donors (Lipinski definition) is 1. The monoisotopic (exact) mass is 344 g/mol. The topological polar surface area (TPSA) is 45.5 Å². The average molecular weight is 344 g/mol. The van der Waals surface area contributed by atoms with E-state index in [4.69, 9.17) is 5.11 Å². The molecular formula is C22H20N2O2. The van der Waals surface area contributed by atoms with Crippen molar-refractivity contribution in [3.05, 3.63) is 84.7 Å². The number of hydrogen-bond acceptors (Lipinski definition) is 3. The number of aliphatic hydroxyl groups is 1. The molecule has 130 valence electrons. The van der Waals surface area contributed by atoms with Crippen molar-refractivity contribution in [1.82, 2.24) is 4.57 Å². The second-order valence-electron chi connectivity index (χ2n) is 6.29. The molecule has 0 aliphatic carbocycles. The maximum absolute atomic E-state index is 12.9. The van der Waals surface area contributed by atoms with Gasteiger partial charge in [-0.3, -0.25) is 9.36 Å². The highest BCUT2D eigenvalue weighted by Gasteiger charge is 2.17. The molecule has 0 saturated heterocycles. The quantitative estimate of drug-likeness (QED) is 0.725. The number of nitrogens with zero attached hydrogens (tertiary/aromatic N) is 2. The van der Waals surface area contributed by atoms with Crippen LogP contribution in [0.5, 0.6) is 0 Å². The molecule has 0 saturated carbocycles. The highest BCUT2D eigenvalue weighted by Crippen LogP contribution is 2.32. The van der Waals surface area contributed by atoms with E-state index in [-0.39, 0.29) is 12.5 Å². The van der Waals surface area contributed by atoms with Crippen molar-refractivity contribution in [1.29, 1.82) is 0 Å². The fraction of sp³-hybridized carbons (Fsp3) is 0.136. The van der Waals surface area contributed by atoms with E-state index in [9.17, 15) is 4.79 Å². The first-order valence-corrected chi connectivity index (χ1v) is 8.75. The normalized spacial score (nSPS) is 14.8. The molecule has 4 heteroatoms. The van der Waals surface area contributed by atoms with Crippen LogP contribution in [0.25, 0.3) is 16.5 Å². The molecule has 0 atom stereocenters. The second-order valence-corrected chi connectivity index (χ2v) is 6.29. The third-order valence-electron chi connectivity index (χ3n) is 4.63. The van der Waals surface area contributed by atoms with Gasteiger partial charge in [-0.2, -0.15) is 0 Å². The molecule has 1 aliphatic heterocycles. The molecule has 4 nitrogen and oxygen atoms in total. The zero-order valence-electron chi connectivity index (χ0n) is 14.4. The van der Waals surface area contributed by atoms with Crippen molar-refractivity contribution in [2.24, 2.45) is 0 Å². The number of benzene rings is 2. The van der Waals surface area contributed by atoms with E-state index >= 15 is 0 Å². The maximum Gasteiger partial charge on any atom is 0.255 e. The fourth-order valence-electron chi connectivity index (χ4n) is 3.35. The lowest BCUT2D eigenvalue weighted by Crippen LogP contribution is -2.22. The van der Waals surface area contributed by atoms with Gasteiger partial charge in [-0.25, -0.2) is 0 Å². The number of anilines is 1. The van der Waals surface area contributed by atoms with Crippen LogP contribution < -0.4 is 4.90 Å². The van der Waals surface area contributed by atoms with Crippen LogP contribution >= 0.6 is 0 Å². The minimum absolute atomic E-state index is 0.0653. The lowest BCUT2D eigenvalue weighted by molar-refractivity contribution is 0.0974. The zero-order valence-corrected chi connectivity index (χ0v) is 14.4. The Morgan fingerprint density at radius 3 is 2.73 bits per heavy atom. The highest BCUT2D eigenvalue weighted by atomic mass is 16.3. The summed E-state index contributed by atoms with van der Waals surface area (Å²) in [5.41, 5.74) is 3.88. The molecule has 3 aromatic rings. The number of aliphatic hydroxyl groups excluding tert-OH is 1. The molecule has 2 aromatic carbocycles. The van der Waals surface area contributed by atoms with Crippen LogP contribution in [-0.2, 0) is 0 Å². The van der Waals surface area contributed by atoms with E-state index in [2.05, 4.69) is 4.90 Å². The molecule has 2 heterocycles. The Kier molecular flexibility index (Phi) is 4.42. The van der Waals surface area contributed by atoms with Crippen molar-refractivity contribution in [2.45, 2.75) is 6.42 Å². The number of aromatic nitrogens is 1. The van der Waals surface area contributed by atoms with E-state index in [0.29, 0.717) is 6.42 Å². The van der Waals surface area contributed by atoms with Crippen LogP contribution in [0.4, 0.5) is 5.69 Å². The number of carbonyl (C=O) groups is 1. The van der Waals surface area contributed by atoms with Gasteiger partial charge in [0.15, 0.2) is 0 Å². The first kappa shape index (κ1) is 16.4. The van der Waals surface area contributed by atoms with Gasteiger partial charge in [0, 0.05) is 48.3 Å². The lowest BCUT2D eigenvalue weighted by Gasteiger charge is -2.27. The second kappa shape index (κ2) is 7.02. The first-order chi connectivity index (χ1) is 12.8. The van der Waals surface area contributed by atoms with Crippen LogP contribution in [-0.4, -0.2) is 28.7 Å². The summed E-state index contributed by atoms with van der Waals surface area (Å²) in [6.07, 6.45) is 8.14. The summed E-state index contributed by atoms with van der Waals surface area (Å²) in [6.45, 7) is 0.905. The highest BCUT2D eigenvalue weighted by molar-refractivity contribution is 6.05. The molecule has 4 rings (SSSR count). The van der Waals surface area contributed by atoms with Gasteiger partial charge in [-0.05, 0) is 36.3 Å². The molecule has 1 aliphatic rings. The van der Waals surface area contributed by atoms with Crippen molar-refractivity contribution in [3.8, 4) is 0 Å². The Balaban J connectivity index is 1.70. The minimum atomic E-state index is -0.0653. The van der Waals surface area contributed by atoms with Crippen LogP contribution in [0.15, 0.2) is 79.1 Å². The molecule has 0 fully saturated rings. The SMILES string of the molecule is O=C(/C=C1\C=CN(CCCO)c2ccccc21)n1ccc2ccccc21. The van der Waals surface area contributed by atoms with Gasteiger partial charge >= 0.3 is 0 Å². The molecular weight excluding hydrogens is 324 g/mol. The molecule has 0 amide bonds. The van der Waals surface area contributed by atoms with Crippen LogP contribution in [0.2, 0.25) is 0 Å². The Morgan fingerprint density at radius 1 is 1.04 bits per heavy atom. The molecule has 0 radical (unpaired) electrons. The van der Waals surface area contributed by atoms with Crippen LogP contribution in [0.3, 0.4) is 0 Å². The number of fused-ring (bicyclic) bond motifs is 2. The molecule has 1 aromatic heterocycles. The molecule has 0 bridgehead atoms. The lowest BCUT2D eigenvalue weighted by atomic mass is 9.99. The third kappa shape index (κ3) is 2.95. The average Bonchev–Trinajstić information content (AvgIpc) is 3.11. The Bertz CT molecular complexity index is 1010. The Labute approximate surface area is 152 Å². The number of para-hydroxylation sites is 2. The first-order valence-electron chi connectivity index (χ1n) is 8.75. The van der Waals surface area contributed by atoms with Gasteiger partial charge in [0.05, 0.1) is 5.52 Å². The van der Waals surface area contributed by atoms with Crippen LogP contribution in [0, 0.1) is 0 Å². The van der Waals surface area contributed by atoms with Gasteiger partial charge in [0.2, 0.25) is 0 Å². The maximum atomic E-state index is 12.9. The summed E-state index contributed by atoms with van der Waals surface area (Å²) < 4.78 is 1.68. The summed E-state index contributed by atoms with van der Waals surface area (Å²) >= 11 is 0. The van der Waals surface area contributed by atoms with E-state index in [1.807, 2.05) is 73.1 Å². The summed E-state index contributed by atoms with van der Waals surface area (Å²) in [7, 11) is 0. The minimum Gasteiger partial charge on any atom is -0.396 e. The van der Waals surface area contributed by atoms with E-state index < -0.39 is 0 Å². The van der Waals surface area contributed by atoms with Crippen molar-refractivity contribution < 1.29 is 9.90 Å². The van der Waals surface area contributed by atoms with E-state index in [1.54, 1.807) is 10.6 Å². The predicted molar refractivity (Wildman–Crippen MR) is 105 cm³/mol. The standard InChI is InChI=1S/C22H20N2O2/c25-15-5-12-23-13-10-18(19-7-2-4-9-21(19)23)16-22(26)24-14-11-17-6-1-3-8-20(17)24/h1-4,6-11,13-14,16,25H,5,12,15H2/b18-16+. The fourth-order valence-corrected chi connectivity index (χ4v) is 3.35. The molecule has 0 spiro atoms. The summed E-state index contributed by atoms with van der Waals surface area (Å²) in [6, 6.07) is 17.8. The van der Waals surface area contributed by atoms with E-state index in [1.165, 1.54) is 0 Å². The molecule has 26 heavy (non-hydrogen) atoms. The summed E-state index contributed by atoms with van der Waals surface area (Å²) in [5, 5.41) is 10.1. The smallest absolute Gasteiger partial charge is 0.255 e. The van der Waals surface area contributed by atoms with Gasteiger partial charge in [-0.15, -0.1) is 0 Å². The number of allylic oxidation sites excluding steroid dienone is 3. The number of rotatable bonds is 4. The van der Waals surface area contributed by atoms with Crippen molar-refractivity contribution in [2.75, 3.05) is 18.1 Å². The predicted octanol–water partition coefficient (Wildman–Crippen LogP) is 4.08. The van der Waals surface area contributed by atoms with Crippen molar-refractivity contribution in [3.63, 3.8) is 0 Å². The van der Waals surface area contributed by atoms with Gasteiger partial charge < -0.3 is 10.0 Å². The summed E-state index contributed by atoms with van der Waals surface area (Å²) in [5.74, 6) is -0.0653. The summed E-state index contributed by atoms with van der Waals surface area (Å²) in [4.78, 5) is 15.0. The Morgan fingerprint density at radius 2 is 1.85 bits per heavy atom. The van der Waals surface area contributed by atoms with Crippen molar-refractivity contribution >= 4 is 28.1 Å². The van der Waals surface area contributed by atoms with Gasteiger partial charge in [0.25, 0.3) is 5.91 Å². The van der Waals surface area contributed by atoms with Gasteiger partial charge in [-0.1, -0.05) is 36.4 Å². The Hall–Kier alpha value is -3.11. The third-order valence-corrected chi connectivity index (χ3v) is 4.63. The number of carbonyl (C=O) groups excluding carboxylic acids is 1.